The molecule has 0 unspecified atom stereocenters. The van der Waals surface area contributed by atoms with E-state index in [0.29, 0.717) is 29.3 Å². The van der Waals surface area contributed by atoms with Gasteiger partial charge in [0.05, 0.1) is 18.7 Å². The Balaban J connectivity index is 1.62. The van der Waals surface area contributed by atoms with Gasteiger partial charge >= 0.3 is 11.9 Å². The van der Waals surface area contributed by atoms with E-state index in [0.717, 1.165) is 19.3 Å². The summed E-state index contributed by atoms with van der Waals surface area (Å²) < 4.78 is 11.5. The summed E-state index contributed by atoms with van der Waals surface area (Å²) in [7, 11) is 1.29. The molecule has 8 nitrogen and oxygen atoms in total. The minimum absolute atomic E-state index is 0.159. The minimum Gasteiger partial charge on any atom is -0.465 e. The third kappa shape index (κ3) is 4.57. The molecule has 152 valence electrons. The number of carbonyl (C=O) groups is 3. The fourth-order valence-corrected chi connectivity index (χ4v) is 3.70. The molecule has 1 amide bonds. The highest BCUT2D eigenvalue weighted by Gasteiger charge is 2.33. The number of benzene rings is 1. The molecule has 1 N–H and O–H groups in total. The second kappa shape index (κ2) is 8.78. The summed E-state index contributed by atoms with van der Waals surface area (Å²) >= 11 is 0. The largest absolute Gasteiger partial charge is 0.465 e. The van der Waals surface area contributed by atoms with Gasteiger partial charge in [0.15, 0.2) is 6.61 Å². The molecular weight excluding hydrogens is 374 g/mol. The van der Waals surface area contributed by atoms with Gasteiger partial charge in [0, 0.05) is 17.1 Å². The molecule has 1 heterocycles. The molecule has 2 aromatic rings. The van der Waals surface area contributed by atoms with Gasteiger partial charge in [-0.25, -0.2) is 4.79 Å². The third-order valence-electron chi connectivity index (χ3n) is 5.16. The lowest BCUT2D eigenvalue weighted by Crippen LogP contribution is -2.50. The van der Waals surface area contributed by atoms with Gasteiger partial charge in [0.1, 0.15) is 12.1 Å². The fourth-order valence-electron chi connectivity index (χ4n) is 3.70. The van der Waals surface area contributed by atoms with E-state index in [1.54, 1.807) is 28.8 Å². The average molecular weight is 397 g/mol. The first kappa shape index (κ1) is 20.4. The van der Waals surface area contributed by atoms with Crippen molar-refractivity contribution in [1.82, 2.24) is 9.88 Å². The Hall–Kier alpha value is -3.34. The number of hydrogen-bond donors (Lipinski definition) is 1. The summed E-state index contributed by atoms with van der Waals surface area (Å²) in [6.45, 7) is -0.612. The Labute approximate surface area is 168 Å². The lowest BCUT2D eigenvalue weighted by Gasteiger charge is -2.31. The van der Waals surface area contributed by atoms with Crippen LogP contribution in [0.2, 0.25) is 0 Å². The van der Waals surface area contributed by atoms with Crippen LogP contribution < -0.4 is 5.32 Å². The van der Waals surface area contributed by atoms with Crippen molar-refractivity contribution in [3.05, 3.63) is 36.0 Å². The lowest BCUT2D eigenvalue weighted by atomic mass is 9.83. The van der Waals surface area contributed by atoms with Gasteiger partial charge in [0.25, 0.3) is 5.91 Å². The fraction of sp³-hybridized carbons (Fsp3) is 0.429. The number of amides is 1. The van der Waals surface area contributed by atoms with Crippen molar-refractivity contribution >= 4 is 28.7 Å². The number of fused-ring (bicyclic) bond motifs is 1. The van der Waals surface area contributed by atoms with Crippen LogP contribution in [0.1, 0.15) is 42.5 Å². The van der Waals surface area contributed by atoms with Crippen LogP contribution in [0.25, 0.3) is 10.9 Å². The lowest BCUT2D eigenvalue weighted by molar-refractivity contribution is -0.149. The zero-order chi connectivity index (χ0) is 20.9. The van der Waals surface area contributed by atoms with Crippen LogP contribution in [0.4, 0.5) is 0 Å². The first-order chi connectivity index (χ1) is 14.0. The zero-order valence-corrected chi connectivity index (χ0v) is 16.3. The van der Waals surface area contributed by atoms with E-state index in [1.165, 1.54) is 13.3 Å². The van der Waals surface area contributed by atoms with E-state index in [-0.39, 0.29) is 6.54 Å². The number of methoxy groups -OCH3 is 1. The van der Waals surface area contributed by atoms with Gasteiger partial charge in [-0.15, -0.1) is 0 Å². The molecule has 0 atom stereocenters. The molecule has 1 aliphatic rings. The Morgan fingerprint density at radius 3 is 2.62 bits per heavy atom. The van der Waals surface area contributed by atoms with Gasteiger partial charge in [-0.2, -0.15) is 5.26 Å². The molecule has 0 radical (unpaired) electrons. The molecule has 1 fully saturated rings. The minimum atomic E-state index is -0.867. The maximum Gasteiger partial charge on any atom is 0.340 e. The summed E-state index contributed by atoms with van der Waals surface area (Å²) in [6.07, 6.45) is 5.56. The van der Waals surface area contributed by atoms with E-state index in [9.17, 15) is 19.6 Å². The normalized spacial score (nSPS) is 15.3. The second-order valence-corrected chi connectivity index (χ2v) is 7.14. The van der Waals surface area contributed by atoms with E-state index < -0.39 is 30.0 Å². The molecule has 1 saturated carbocycles. The van der Waals surface area contributed by atoms with Crippen LogP contribution in [-0.2, 0) is 25.6 Å². The number of aromatic nitrogens is 1. The van der Waals surface area contributed by atoms with Crippen molar-refractivity contribution in [2.24, 2.45) is 0 Å². The number of nitrogens with one attached hydrogen (secondary N) is 1. The van der Waals surface area contributed by atoms with Crippen LogP contribution >= 0.6 is 0 Å². The highest BCUT2D eigenvalue weighted by Crippen LogP contribution is 2.27. The van der Waals surface area contributed by atoms with Crippen molar-refractivity contribution in [1.29, 1.82) is 5.26 Å². The molecule has 0 saturated heterocycles. The molecule has 0 aliphatic heterocycles. The van der Waals surface area contributed by atoms with Gasteiger partial charge in [0.2, 0.25) is 0 Å². The molecule has 0 spiro atoms. The number of hydrogen-bond acceptors (Lipinski definition) is 6. The van der Waals surface area contributed by atoms with E-state index in [1.807, 2.05) is 0 Å². The van der Waals surface area contributed by atoms with Crippen LogP contribution in [0, 0.1) is 11.3 Å². The van der Waals surface area contributed by atoms with E-state index >= 15 is 0 Å². The molecule has 29 heavy (non-hydrogen) atoms. The molecule has 3 rings (SSSR count). The zero-order valence-electron chi connectivity index (χ0n) is 16.3. The van der Waals surface area contributed by atoms with Crippen LogP contribution in [0.3, 0.4) is 0 Å². The first-order valence-corrected chi connectivity index (χ1v) is 9.52. The smallest absolute Gasteiger partial charge is 0.340 e. The monoisotopic (exact) mass is 397 g/mol. The number of ether oxygens (including phenoxy) is 2. The van der Waals surface area contributed by atoms with Crippen LogP contribution in [-0.4, -0.2) is 41.7 Å². The van der Waals surface area contributed by atoms with E-state index in [4.69, 9.17) is 9.47 Å². The first-order valence-electron chi connectivity index (χ1n) is 9.52. The number of esters is 2. The number of nitriles is 1. The number of rotatable bonds is 6. The molecule has 1 aromatic carbocycles. The summed E-state index contributed by atoms with van der Waals surface area (Å²) in [6, 6.07) is 9.33. The average Bonchev–Trinajstić information content (AvgIpc) is 3.11. The Kier molecular flexibility index (Phi) is 6.17. The molecule has 1 aliphatic carbocycles. The molecule has 8 heteroatoms. The van der Waals surface area contributed by atoms with Gasteiger partial charge in [-0.1, -0.05) is 37.5 Å². The maximum atomic E-state index is 12.2. The Morgan fingerprint density at radius 2 is 1.93 bits per heavy atom. The highest BCUT2D eigenvalue weighted by atomic mass is 16.5. The highest BCUT2D eigenvalue weighted by molar-refractivity contribution is 6.04. The van der Waals surface area contributed by atoms with Gasteiger partial charge in [-0.3, -0.25) is 9.59 Å². The molecule has 1 aromatic heterocycles. The quantitative estimate of drug-likeness (QED) is 0.749. The standard InChI is InChI=1S/C21H23N3O5/c1-28-20(27)16-11-24(17-8-4-3-7-15(16)17)12-19(26)29-13-18(25)23-21(14-22)9-5-2-6-10-21/h3-4,7-8,11H,2,5-6,9-10,12-13H2,1H3,(H,23,25). The van der Waals surface area contributed by atoms with Gasteiger partial charge in [-0.05, 0) is 18.9 Å². The van der Waals surface area contributed by atoms with Crippen molar-refractivity contribution < 1.29 is 23.9 Å². The number of nitrogens with zero attached hydrogens (tertiary/aromatic N) is 2. The Bertz CT molecular complexity index is 966. The third-order valence-corrected chi connectivity index (χ3v) is 5.16. The van der Waals surface area contributed by atoms with Gasteiger partial charge < -0.3 is 19.4 Å². The predicted octanol–water partition coefficient (Wildman–Crippen LogP) is 2.31. The van der Waals surface area contributed by atoms with Crippen molar-refractivity contribution in [2.45, 2.75) is 44.2 Å². The summed E-state index contributed by atoms with van der Waals surface area (Å²) in [5.41, 5.74) is 0.162. The van der Waals surface area contributed by atoms with Crippen LogP contribution in [0.5, 0.6) is 0 Å². The summed E-state index contributed by atoms with van der Waals surface area (Å²) in [4.78, 5) is 36.4. The maximum absolute atomic E-state index is 12.2. The summed E-state index contributed by atoms with van der Waals surface area (Å²) in [5.74, 6) is -1.61. The molecular formula is C21H23N3O5. The van der Waals surface area contributed by atoms with Crippen LogP contribution in [0.15, 0.2) is 30.5 Å². The van der Waals surface area contributed by atoms with Crippen molar-refractivity contribution in [3.8, 4) is 6.07 Å². The van der Waals surface area contributed by atoms with Crippen molar-refractivity contribution in [3.63, 3.8) is 0 Å². The SMILES string of the molecule is COC(=O)c1cn(CC(=O)OCC(=O)NC2(C#N)CCCCC2)c2ccccc12. The number of para-hydroxylation sites is 1. The molecule has 0 bridgehead atoms. The Morgan fingerprint density at radius 1 is 1.21 bits per heavy atom. The summed E-state index contributed by atoms with van der Waals surface area (Å²) in [5, 5.41) is 12.8. The van der Waals surface area contributed by atoms with E-state index in [2.05, 4.69) is 11.4 Å². The predicted molar refractivity (Wildman–Crippen MR) is 104 cm³/mol. The second-order valence-electron chi connectivity index (χ2n) is 7.14. The topological polar surface area (TPSA) is 110 Å². The van der Waals surface area contributed by atoms with Crippen molar-refractivity contribution in [2.75, 3.05) is 13.7 Å². The number of carbonyl (C=O) groups excluding carboxylic acids is 3.